The minimum atomic E-state index is 0.336. The summed E-state index contributed by atoms with van der Waals surface area (Å²) in [4.78, 5) is 0. The van der Waals surface area contributed by atoms with Crippen molar-refractivity contribution in [1.29, 1.82) is 0 Å². The summed E-state index contributed by atoms with van der Waals surface area (Å²) in [6.07, 6.45) is 1.18. The van der Waals surface area contributed by atoms with Crippen molar-refractivity contribution in [1.82, 2.24) is 0 Å². The summed E-state index contributed by atoms with van der Waals surface area (Å²) < 4.78 is 5.76. The van der Waals surface area contributed by atoms with Crippen molar-refractivity contribution in [3.8, 4) is 0 Å². The minimum absolute atomic E-state index is 0.336. The zero-order valence-corrected chi connectivity index (χ0v) is 9.48. The molecule has 0 aliphatic heterocycles. The van der Waals surface area contributed by atoms with Crippen LogP contribution in [0.5, 0.6) is 0 Å². The molecular weight excluding hydrogens is 147 g/mol. The third-order valence-electron chi connectivity index (χ3n) is 2.63. The second-order valence-corrected chi connectivity index (χ2v) is 4.78. The van der Waals surface area contributed by atoms with Gasteiger partial charge in [0, 0.05) is 6.61 Å². The standard InChI is InChI=1S/C10H23BO/c1-7-10(4,5)8-12-11(6)9(2)3/h9H,7-8H2,1-6H3. The van der Waals surface area contributed by atoms with E-state index in [4.69, 9.17) is 4.65 Å². The first-order valence-corrected chi connectivity index (χ1v) is 5.00. The Kier molecular flexibility index (Phi) is 4.92. The molecule has 12 heavy (non-hydrogen) atoms. The summed E-state index contributed by atoms with van der Waals surface area (Å²) >= 11 is 0. The monoisotopic (exact) mass is 170 g/mol. The molecule has 0 aromatic heterocycles. The molecular formula is C10H23BO. The van der Waals surface area contributed by atoms with Crippen molar-refractivity contribution in [3.63, 3.8) is 0 Å². The average Bonchev–Trinajstić information content (AvgIpc) is 2.00. The first-order chi connectivity index (χ1) is 5.39. The van der Waals surface area contributed by atoms with Crippen LogP contribution in [0.25, 0.3) is 0 Å². The van der Waals surface area contributed by atoms with Gasteiger partial charge in [-0.15, -0.1) is 0 Å². The maximum Gasteiger partial charge on any atom is 0.292 e. The molecule has 0 rings (SSSR count). The van der Waals surface area contributed by atoms with Crippen molar-refractivity contribution in [3.05, 3.63) is 0 Å². The third kappa shape index (κ3) is 4.81. The Morgan fingerprint density at radius 2 is 1.83 bits per heavy atom. The zero-order chi connectivity index (χ0) is 9.78. The quantitative estimate of drug-likeness (QED) is 0.574. The van der Waals surface area contributed by atoms with E-state index in [1.807, 2.05) is 0 Å². The van der Waals surface area contributed by atoms with Gasteiger partial charge in [0.05, 0.1) is 0 Å². The van der Waals surface area contributed by atoms with Crippen molar-refractivity contribution >= 4 is 6.92 Å². The van der Waals surface area contributed by atoms with Crippen molar-refractivity contribution < 1.29 is 4.65 Å². The molecule has 0 saturated carbocycles. The molecule has 0 aliphatic carbocycles. The first kappa shape index (κ1) is 12.0. The van der Waals surface area contributed by atoms with Crippen molar-refractivity contribution in [2.75, 3.05) is 6.61 Å². The van der Waals surface area contributed by atoms with E-state index in [9.17, 15) is 0 Å². The van der Waals surface area contributed by atoms with Crippen LogP contribution in [0.2, 0.25) is 12.6 Å². The normalized spacial score (nSPS) is 12.2. The Labute approximate surface area is 78.0 Å². The van der Waals surface area contributed by atoms with Crippen molar-refractivity contribution in [2.45, 2.75) is 53.7 Å². The van der Waals surface area contributed by atoms with E-state index < -0.39 is 0 Å². The van der Waals surface area contributed by atoms with Gasteiger partial charge >= 0.3 is 0 Å². The van der Waals surface area contributed by atoms with Gasteiger partial charge in [0.2, 0.25) is 0 Å². The highest BCUT2D eigenvalue weighted by Crippen LogP contribution is 2.21. The summed E-state index contributed by atoms with van der Waals surface area (Å²) in [6, 6.07) is 0. The molecule has 0 aliphatic rings. The summed E-state index contributed by atoms with van der Waals surface area (Å²) in [5, 5.41) is 0. The Morgan fingerprint density at radius 1 is 1.33 bits per heavy atom. The summed E-state index contributed by atoms with van der Waals surface area (Å²) in [6.45, 7) is 14.5. The predicted molar refractivity (Wildman–Crippen MR) is 56.7 cm³/mol. The van der Waals surface area contributed by atoms with Gasteiger partial charge in [-0.25, -0.2) is 0 Å². The van der Waals surface area contributed by atoms with E-state index in [-0.39, 0.29) is 0 Å². The van der Waals surface area contributed by atoms with Crippen molar-refractivity contribution in [2.24, 2.45) is 5.41 Å². The maximum absolute atomic E-state index is 5.76. The Morgan fingerprint density at radius 3 is 2.17 bits per heavy atom. The van der Waals surface area contributed by atoms with Gasteiger partial charge in [-0.2, -0.15) is 0 Å². The topological polar surface area (TPSA) is 9.23 Å². The molecule has 0 aromatic carbocycles. The van der Waals surface area contributed by atoms with E-state index in [1.165, 1.54) is 6.42 Å². The molecule has 0 heterocycles. The molecule has 2 heteroatoms. The van der Waals surface area contributed by atoms with Crippen LogP contribution in [0, 0.1) is 5.41 Å². The molecule has 0 radical (unpaired) electrons. The number of hydrogen-bond acceptors (Lipinski definition) is 1. The van der Waals surface area contributed by atoms with Gasteiger partial charge < -0.3 is 4.65 Å². The van der Waals surface area contributed by atoms with E-state index in [2.05, 4.69) is 41.4 Å². The lowest BCUT2D eigenvalue weighted by atomic mass is 9.60. The molecule has 0 unspecified atom stereocenters. The van der Waals surface area contributed by atoms with Crippen LogP contribution in [0.3, 0.4) is 0 Å². The van der Waals surface area contributed by atoms with Crippen LogP contribution >= 0.6 is 0 Å². The fourth-order valence-electron chi connectivity index (χ4n) is 0.652. The Bertz CT molecular complexity index is 121. The lowest BCUT2D eigenvalue weighted by molar-refractivity contribution is 0.173. The predicted octanol–water partition coefficient (Wildman–Crippen LogP) is 3.47. The smallest absolute Gasteiger partial charge is 0.292 e. The average molecular weight is 170 g/mol. The highest BCUT2D eigenvalue weighted by Gasteiger charge is 2.20. The molecule has 0 bridgehead atoms. The Balaban J connectivity index is 3.67. The minimum Gasteiger partial charge on any atom is -0.435 e. The second-order valence-electron chi connectivity index (χ2n) is 4.78. The van der Waals surface area contributed by atoms with E-state index >= 15 is 0 Å². The van der Waals surface area contributed by atoms with Gasteiger partial charge in [0.25, 0.3) is 6.92 Å². The van der Waals surface area contributed by atoms with E-state index in [0.29, 0.717) is 18.1 Å². The summed E-state index contributed by atoms with van der Waals surface area (Å²) in [5.41, 5.74) is 0.336. The lowest BCUT2D eigenvalue weighted by Crippen LogP contribution is -2.26. The SMILES string of the molecule is CCC(C)(C)COB(C)C(C)C. The van der Waals surface area contributed by atoms with Gasteiger partial charge in [0.1, 0.15) is 0 Å². The maximum atomic E-state index is 5.76. The van der Waals surface area contributed by atoms with E-state index in [1.54, 1.807) is 0 Å². The Hall–Kier alpha value is 0.0249. The van der Waals surface area contributed by atoms with Gasteiger partial charge in [-0.3, -0.25) is 0 Å². The molecule has 0 atom stereocenters. The molecule has 0 aromatic rings. The number of hydrogen-bond donors (Lipinski definition) is 0. The fourth-order valence-corrected chi connectivity index (χ4v) is 0.652. The van der Waals surface area contributed by atoms with Crippen LogP contribution in [0.4, 0.5) is 0 Å². The molecule has 0 amide bonds. The summed E-state index contributed by atoms with van der Waals surface area (Å²) in [5.74, 6) is 0.623. The third-order valence-corrected chi connectivity index (χ3v) is 2.63. The second kappa shape index (κ2) is 4.91. The largest absolute Gasteiger partial charge is 0.435 e. The molecule has 0 fully saturated rings. The lowest BCUT2D eigenvalue weighted by Gasteiger charge is -2.25. The molecule has 0 spiro atoms. The first-order valence-electron chi connectivity index (χ1n) is 5.00. The highest BCUT2D eigenvalue weighted by molar-refractivity contribution is 6.51. The number of rotatable bonds is 5. The molecule has 0 N–H and O–H groups in total. The molecule has 72 valence electrons. The zero-order valence-electron chi connectivity index (χ0n) is 9.48. The van der Waals surface area contributed by atoms with Gasteiger partial charge in [-0.05, 0) is 17.7 Å². The highest BCUT2D eigenvalue weighted by atomic mass is 16.4. The summed E-state index contributed by atoms with van der Waals surface area (Å²) in [7, 11) is 0. The van der Waals surface area contributed by atoms with Gasteiger partial charge in [-0.1, -0.05) is 41.4 Å². The molecule has 0 saturated heterocycles. The van der Waals surface area contributed by atoms with E-state index in [0.717, 1.165) is 6.61 Å². The van der Waals surface area contributed by atoms with Crippen LogP contribution in [0.1, 0.15) is 41.0 Å². The van der Waals surface area contributed by atoms with Crippen LogP contribution in [0.15, 0.2) is 0 Å². The fraction of sp³-hybridized carbons (Fsp3) is 1.00. The molecule has 1 nitrogen and oxygen atoms in total. The van der Waals surface area contributed by atoms with Gasteiger partial charge in [0.15, 0.2) is 0 Å². The van der Waals surface area contributed by atoms with Crippen LogP contribution in [-0.4, -0.2) is 13.5 Å². The van der Waals surface area contributed by atoms with Crippen LogP contribution < -0.4 is 0 Å². The van der Waals surface area contributed by atoms with Crippen LogP contribution in [-0.2, 0) is 4.65 Å².